The van der Waals surface area contributed by atoms with Gasteiger partial charge in [-0.3, -0.25) is 9.59 Å². The summed E-state index contributed by atoms with van der Waals surface area (Å²) in [6, 6.07) is 0. The van der Waals surface area contributed by atoms with Gasteiger partial charge in [-0.2, -0.15) is 0 Å². The van der Waals surface area contributed by atoms with Crippen LogP contribution < -0.4 is 0 Å². The fourth-order valence-corrected chi connectivity index (χ4v) is 4.89. The van der Waals surface area contributed by atoms with E-state index in [1.807, 2.05) is 0 Å². The molecule has 0 aromatic carbocycles. The topological polar surface area (TPSA) is 112 Å². The van der Waals surface area contributed by atoms with Crippen molar-refractivity contribution in [3.05, 3.63) is 0 Å². The Labute approximate surface area is 160 Å². The van der Waals surface area contributed by atoms with E-state index in [4.69, 9.17) is 24.1 Å². The summed E-state index contributed by atoms with van der Waals surface area (Å²) in [5.74, 6) is 0.207. The average molecular weight is 388 g/mol. The van der Waals surface area contributed by atoms with Gasteiger partial charge in [0.15, 0.2) is 0 Å². The van der Waals surface area contributed by atoms with E-state index in [0.717, 1.165) is 6.42 Å². The smallest absolute Gasteiger partial charge is 0.306 e. The van der Waals surface area contributed by atoms with Gasteiger partial charge < -0.3 is 29.2 Å². The van der Waals surface area contributed by atoms with Gasteiger partial charge in [-0.1, -0.05) is 7.43 Å². The molecule has 4 rings (SSSR count). The van der Waals surface area contributed by atoms with Crippen molar-refractivity contribution in [1.82, 2.24) is 0 Å². The van der Waals surface area contributed by atoms with Crippen LogP contribution in [0.5, 0.6) is 0 Å². The molecule has 2 N–H and O–H groups in total. The number of ether oxygens (including phenoxy) is 4. The molecular weight excluding hydrogens is 356 g/mol. The van der Waals surface area contributed by atoms with Crippen LogP contribution in [0, 0.1) is 23.7 Å². The Morgan fingerprint density at radius 3 is 2.07 bits per heavy atom. The molecule has 0 aromatic heterocycles. The van der Waals surface area contributed by atoms with Crippen molar-refractivity contribution in [3.63, 3.8) is 0 Å². The molecule has 0 spiro atoms. The summed E-state index contributed by atoms with van der Waals surface area (Å²) < 4.78 is 20.7. The summed E-state index contributed by atoms with van der Waals surface area (Å²) in [6.07, 6.45) is 1.78. The van der Waals surface area contributed by atoms with E-state index >= 15 is 0 Å². The molecule has 4 fully saturated rings. The lowest BCUT2D eigenvalue weighted by Gasteiger charge is -2.20. The average Bonchev–Trinajstić information content (AvgIpc) is 3.28. The molecule has 4 aliphatic rings. The van der Waals surface area contributed by atoms with Crippen molar-refractivity contribution in [1.29, 1.82) is 0 Å². The molecule has 8 nitrogen and oxygen atoms in total. The van der Waals surface area contributed by atoms with Gasteiger partial charge in [0, 0.05) is 57.3 Å². The number of hydrogen-bond acceptors (Lipinski definition) is 8. The largest absolute Gasteiger partial charge is 0.462 e. The zero-order valence-corrected chi connectivity index (χ0v) is 15.2. The zero-order valence-electron chi connectivity index (χ0n) is 15.2. The standard InChI is InChI=1S/C10H16O4.C8H12O4.CH4/c1-12-5-7-6-3-10(11)14-9(6)4-8(7)13-2;9-3-5-4-1-8(11)12-7(4)2-6(5)10;/h6-9H,3-5H2,1-2H3;4-7,9-10H,1-3H2;1H4/t6?,7-,8-,9+;4?,5-,6-,7+;/m00./s1. The van der Waals surface area contributed by atoms with E-state index in [0.29, 0.717) is 37.7 Å². The molecule has 27 heavy (non-hydrogen) atoms. The highest BCUT2D eigenvalue weighted by molar-refractivity contribution is 5.72. The van der Waals surface area contributed by atoms with Crippen LogP contribution in [-0.2, 0) is 28.5 Å². The minimum Gasteiger partial charge on any atom is -0.462 e. The summed E-state index contributed by atoms with van der Waals surface area (Å²) in [6.45, 7) is 0.593. The van der Waals surface area contributed by atoms with Crippen molar-refractivity contribution in [3.8, 4) is 0 Å². The van der Waals surface area contributed by atoms with Gasteiger partial charge in [-0.15, -0.1) is 0 Å². The molecule has 156 valence electrons. The minimum absolute atomic E-state index is 0. The first kappa shape index (κ1) is 22.1. The Balaban J connectivity index is 0.000000189. The quantitative estimate of drug-likeness (QED) is 0.671. The highest BCUT2D eigenvalue weighted by atomic mass is 16.6. The molecule has 0 bridgehead atoms. The molecule has 2 unspecified atom stereocenters. The monoisotopic (exact) mass is 388 g/mol. The number of fused-ring (bicyclic) bond motifs is 2. The predicted molar refractivity (Wildman–Crippen MR) is 94.7 cm³/mol. The summed E-state index contributed by atoms with van der Waals surface area (Å²) in [5.41, 5.74) is 0. The number of carbonyl (C=O) groups excluding carboxylic acids is 2. The number of hydrogen-bond donors (Lipinski definition) is 2. The van der Waals surface area contributed by atoms with E-state index in [1.165, 1.54) is 0 Å². The van der Waals surface area contributed by atoms with Crippen LogP contribution >= 0.6 is 0 Å². The third kappa shape index (κ3) is 4.45. The summed E-state index contributed by atoms with van der Waals surface area (Å²) in [7, 11) is 3.38. The first-order chi connectivity index (χ1) is 12.5. The first-order valence-corrected chi connectivity index (χ1v) is 9.18. The molecule has 8 heteroatoms. The highest BCUT2D eigenvalue weighted by Crippen LogP contribution is 2.42. The summed E-state index contributed by atoms with van der Waals surface area (Å²) in [4.78, 5) is 21.9. The van der Waals surface area contributed by atoms with Gasteiger partial charge in [0.2, 0.25) is 0 Å². The van der Waals surface area contributed by atoms with Gasteiger partial charge in [-0.05, 0) is 0 Å². The SMILES string of the molecule is C.COC[C@H]1C2CC(=O)O[C@@H]2C[C@@H]1OC.O=C1CC2[C@@H](C[C@H](O)[C@H]2CO)O1. The third-order valence-electron chi connectivity index (χ3n) is 6.21. The highest BCUT2D eigenvalue weighted by Gasteiger charge is 2.50. The van der Waals surface area contributed by atoms with E-state index < -0.39 is 6.10 Å². The molecule has 0 amide bonds. The number of esters is 2. The zero-order chi connectivity index (χ0) is 18.8. The van der Waals surface area contributed by atoms with Crippen LogP contribution in [-0.4, -0.2) is 74.0 Å². The molecule has 2 saturated heterocycles. The van der Waals surface area contributed by atoms with Gasteiger partial charge >= 0.3 is 11.9 Å². The lowest BCUT2D eigenvalue weighted by Crippen LogP contribution is -2.26. The Hall–Kier alpha value is -1.22. The van der Waals surface area contributed by atoms with Crippen molar-refractivity contribution < 1.29 is 38.7 Å². The fraction of sp³-hybridized carbons (Fsp3) is 0.895. The van der Waals surface area contributed by atoms with Crippen LogP contribution in [0.2, 0.25) is 0 Å². The maximum atomic E-state index is 11.1. The number of carbonyl (C=O) groups is 2. The van der Waals surface area contributed by atoms with E-state index in [-0.39, 0.29) is 56.1 Å². The molecule has 2 heterocycles. The molecule has 2 aliphatic heterocycles. The lowest BCUT2D eigenvalue weighted by molar-refractivity contribution is -0.143. The summed E-state index contributed by atoms with van der Waals surface area (Å²) >= 11 is 0. The van der Waals surface area contributed by atoms with Crippen LogP contribution in [0.4, 0.5) is 0 Å². The number of methoxy groups -OCH3 is 2. The van der Waals surface area contributed by atoms with Gasteiger partial charge in [-0.25, -0.2) is 0 Å². The van der Waals surface area contributed by atoms with Crippen LogP contribution in [0.1, 0.15) is 33.1 Å². The van der Waals surface area contributed by atoms with E-state index in [9.17, 15) is 14.7 Å². The maximum absolute atomic E-state index is 11.1. The van der Waals surface area contributed by atoms with E-state index in [1.54, 1.807) is 14.2 Å². The summed E-state index contributed by atoms with van der Waals surface area (Å²) in [5, 5.41) is 18.4. The van der Waals surface area contributed by atoms with Crippen molar-refractivity contribution in [2.75, 3.05) is 27.4 Å². The third-order valence-corrected chi connectivity index (χ3v) is 6.21. The molecule has 0 aromatic rings. The van der Waals surface area contributed by atoms with Gasteiger partial charge in [0.1, 0.15) is 12.2 Å². The molecule has 0 radical (unpaired) electrons. The Kier molecular flexibility index (Phi) is 7.62. The first-order valence-electron chi connectivity index (χ1n) is 9.18. The molecule has 2 aliphatic carbocycles. The number of aliphatic hydroxyl groups excluding tert-OH is 2. The minimum atomic E-state index is -0.502. The van der Waals surface area contributed by atoms with Gasteiger partial charge in [0.05, 0.1) is 31.7 Å². The van der Waals surface area contributed by atoms with Crippen molar-refractivity contribution >= 4 is 11.9 Å². The Morgan fingerprint density at radius 2 is 1.56 bits per heavy atom. The second-order valence-electron chi connectivity index (χ2n) is 7.57. The Bertz CT molecular complexity index is 524. The fourth-order valence-electron chi connectivity index (χ4n) is 4.89. The van der Waals surface area contributed by atoms with Gasteiger partial charge in [0.25, 0.3) is 0 Å². The molecule has 8 atom stereocenters. The van der Waals surface area contributed by atoms with Crippen LogP contribution in [0.15, 0.2) is 0 Å². The maximum Gasteiger partial charge on any atom is 0.306 e. The number of rotatable bonds is 4. The molecule has 2 saturated carbocycles. The Morgan fingerprint density at radius 1 is 1.00 bits per heavy atom. The van der Waals surface area contributed by atoms with Crippen LogP contribution in [0.25, 0.3) is 0 Å². The van der Waals surface area contributed by atoms with Crippen molar-refractivity contribution in [2.24, 2.45) is 23.7 Å². The second-order valence-corrected chi connectivity index (χ2v) is 7.57. The predicted octanol–water partition coefficient (Wildman–Crippen LogP) is 0.527. The number of aliphatic hydroxyl groups is 2. The lowest BCUT2D eigenvalue weighted by atomic mass is 9.93. The molecular formula is C19H32O8. The second kappa shape index (κ2) is 9.32. The normalized spacial score (nSPS) is 41.8. The van der Waals surface area contributed by atoms with Crippen molar-refractivity contribution in [2.45, 2.75) is 57.5 Å². The van der Waals surface area contributed by atoms with Crippen LogP contribution in [0.3, 0.4) is 0 Å². The van der Waals surface area contributed by atoms with E-state index in [2.05, 4.69) is 0 Å².